The van der Waals surface area contributed by atoms with Crippen molar-refractivity contribution < 1.29 is 4.39 Å². The predicted octanol–water partition coefficient (Wildman–Crippen LogP) is 4.85. The Hall–Kier alpha value is -0.550. The topological polar surface area (TPSA) is 24.9 Å². The molecule has 0 saturated heterocycles. The van der Waals surface area contributed by atoms with Gasteiger partial charge in [0.05, 0.1) is 22.3 Å². The fourth-order valence-corrected chi connectivity index (χ4v) is 2.51. The lowest BCUT2D eigenvalue weighted by Gasteiger charge is -2.08. The third kappa shape index (κ3) is 3.01. The molecule has 90 valence electrons. The van der Waals surface area contributed by atoms with E-state index in [4.69, 9.17) is 34.8 Å². The largest absolute Gasteiger partial charge is 0.379 e. The molecule has 2 nitrogen and oxygen atoms in total. The van der Waals surface area contributed by atoms with Gasteiger partial charge in [0, 0.05) is 11.1 Å². The van der Waals surface area contributed by atoms with Crippen LogP contribution in [0.1, 0.15) is 4.88 Å². The lowest BCUT2D eigenvalue weighted by atomic mass is 10.3. The fraction of sp³-hybridized carbons (Fsp3) is 0.100. The van der Waals surface area contributed by atoms with Crippen LogP contribution >= 0.6 is 46.1 Å². The molecule has 0 fully saturated rings. The molecule has 0 atom stereocenters. The first-order valence-electron chi connectivity index (χ1n) is 4.55. The van der Waals surface area contributed by atoms with Gasteiger partial charge in [-0.25, -0.2) is 9.37 Å². The van der Waals surface area contributed by atoms with Crippen molar-refractivity contribution in [1.82, 2.24) is 4.98 Å². The van der Waals surface area contributed by atoms with Crippen LogP contribution in [0, 0.1) is 5.82 Å². The van der Waals surface area contributed by atoms with Crippen LogP contribution < -0.4 is 5.32 Å². The number of benzene rings is 1. The van der Waals surface area contributed by atoms with E-state index in [0.29, 0.717) is 16.7 Å². The van der Waals surface area contributed by atoms with Gasteiger partial charge in [0.15, 0.2) is 4.47 Å². The van der Waals surface area contributed by atoms with Gasteiger partial charge in [0.25, 0.3) is 0 Å². The van der Waals surface area contributed by atoms with Crippen molar-refractivity contribution in [3.05, 3.63) is 43.5 Å². The van der Waals surface area contributed by atoms with Crippen LogP contribution in [0.2, 0.25) is 14.5 Å². The molecule has 0 radical (unpaired) electrons. The van der Waals surface area contributed by atoms with E-state index in [-0.39, 0.29) is 10.0 Å². The number of thiazole rings is 1. The number of anilines is 1. The summed E-state index contributed by atoms with van der Waals surface area (Å²) in [5.41, 5.74) is 0.572. The SMILES string of the molecule is Fc1ccc(NCc2cnc(Cl)s2)c(Cl)c1Cl. The molecule has 0 spiro atoms. The van der Waals surface area contributed by atoms with E-state index in [1.165, 1.54) is 23.5 Å². The highest BCUT2D eigenvalue weighted by Gasteiger charge is 2.09. The predicted molar refractivity (Wildman–Crippen MR) is 70.9 cm³/mol. The number of aromatic nitrogens is 1. The van der Waals surface area contributed by atoms with Crippen molar-refractivity contribution in [3.8, 4) is 0 Å². The maximum absolute atomic E-state index is 13.1. The smallest absolute Gasteiger partial charge is 0.183 e. The third-order valence-electron chi connectivity index (χ3n) is 2.01. The average molecular weight is 312 g/mol. The Kier molecular flexibility index (Phi) is 4.09. The number of hydrogen-bond donors (Lipinski definition) is 1. The maximum atomic E-state index is 13.1. The van der Waals surface area contributed by atoms with Gasteiger partial charge in [-0.1, -0.05) is 34.8 Å². The zero-order valence-electron chi connectivity index (χ0n) is 8.31. The zero-order chi connectivity index (χ0) is 12.4. The minimum absolute atomic E-state index is 0.0843. The molecular formula is C10H6Cl3FN2S. The molecular weight excluding hydrogens is 306 g/mol. The Labute approximate surface area is 116 Å². The Morgan fingerprint density at radius 3 is 2.65 bits per heavy atom. The van der Waals surface area contributed by atoms with Gasteiger partial charge in [0.2, 0.25) is 0 Å². The molecule has 0 aliphatic carbocycles. The number of rotatable bonds is 3. The Morgan fingerprint density at radius 1 is 1.24 bits per heavy atom. The van der Waals surface area contributed by atoms with E-state index >= 15 is 0 Å². The van der Waals surface area contributed by atoms with Crippen LogP contribution in [0.15, 0.2) is 18.3 Å². The lowest BCUT2D eigenvalue weighted by molar-refractivity contribution is 0.628. The summed E-state index contributed by atoms with van der Waals surface area (Å²) in [6.45, 7) is 0.506. The molecule has 2 aromatic rings. The molecule has 17 heavy (non-hydrogen) atoms. The normalized spacial score (nSPS) is 10.6. The van der Waals surface area contributed by atoms with Gasteiger partial charge in [-0.3, -0.25) is 0 Å². The summed E-state index contributed by atoms with van der Waals surface area (Å²) in [5.74, 6) is -0.539. The van der Waals surface area contributed by atoms with Gasteiger partial charge >= 0.3 is 0 Å². The first-order valence-corrected chi connectivity index (χ1v) is 6.50. The molecule has 0 aliphatic rings. The summed E-state index contributed by atoms with van der Waals surface area (Å²) in [6.07, 6.45) is 1.67. The van der Waals surface area contributed by atoms with E-state index in [1.807, 2.05) is 0 Å². The van der Waals surface area contributed by atoms with Crippen LogP contribution in [0.3, 0.4) is 0 Å². The molecule has 1 aromatic heterocycles. The number of halogens is 4. The minimum atomic E-state index is -0.539. The van der Waals surface area contributed by atoms with E-state index in [2.05, 4.69) is 10.3 Å². The minimum Gasteiger partial charge on any atom is -0.379 e. The summed E-state index contributed by atoms with van der Waals surface area (Å²) in [5, 5.41) is 3.12. The van der Waals surface area contributed by atoms with Crippen LogP contribution in [0.4, 0.5) is 10.1 Å². The van der Waals surface area contributed by atoms with Crippen molar-refractivity contribution in [2.45, 2.75) is 6.54 Å². The summed E-state index contributed by atoms with van der Waals surface area (Å²) >= 11 is 18.7. The number of hydrogen-bond acceptors (Lipinski definition) is 3. The summed E-state index contributed by atoms with van der Waals surface area (Å²) in [4.78, 5) is 4.86. The Balaban J connectivity index is 2.12. The molecule has 1 aromatic carbocycles. The average Bonchev–Trinajstić information content (AvgIpc) is 2.71. The van der Waals surface area contributed by atoms with Gasteiger partial charge in [0.1, 0.15) is 5.82 Å². The van der Waals surface area contributed by atoms with Gasteiger partial charge in [-0.15, -0.1) is 11.3 Å². The molecule has 7 heteroatoms. The van der Waals surface area contributed by atoms with Gasteiger partial charge in [-0.2, -0.15) is 0 Å². The lowest BCUT2D eigenvalue weighted by Crippen LogP contribution is -1.98. The first-order chi connectivity index (χ1) is 8.08. The summed E-state index contributed by atoms with van der Waals surface area (Å²) < 4.78 is 13.5. The molecule has 1 heterocycles. The second-order valence-corrected chi connectivity index (χ2v) is 5.61. The molecule has 0 aliphatic heterocycles. The quantitative estimate of drug-likeness (QED) is 0.819. The van der Waals surface area contributed by atoms with Crippen LogP contribution in [0.5, 0.6) is 0 Å². The molecule has 0 unspecified atom stereocenters. The van der Waals surface area contributed by atoms with E-state index in [1.54, 1.807) is 6.20 Å². The summed E-state index contributed by atoms with van der Waals surface area (Å²) in [7, 11) is 0. The van der Waals surface area contributed by atoms with Crippen LogP contribution in [-0.2, 0) is 6.54 Å². The highest BCUT2D eigenvalue weighted by molar-refractivity contribution is 7.15. The molecule has 2 rings (SSSR count). The standard InChI is InChI=1S/C10H6Cl3FN2S/c11-8-6(14)1-2-7(9(8)12)15-3-5-4-16-10(13)17-5/h1-2,4,15H,3H2. The zero-order valence-corrected chi connectivity index (χ0v) is 11.4. The van der Waals surface area contributed by atoms with Crippen molar-refractivity contribution in [1.29, 1.82) is 0 Å². The van der Waals surface area contributed by atoms with E-state index < -0.39 is 5.82 Å². The number of nitrogens with zero attached hydrogens (tertiary/aromatic N) is 1. The first kappa shape index (κ1) is 12.9. The molecule has 0 saturated carbocycles. The molecule has 1 N–H and O–H groups in total. The van der Waals surface area contributed by atoms with E-state index in [9.17, 15) is 4.39 Å². The van der Waals surface area contributed by atoms with Crippen molar-refractivity contribution in [3.63, 3.8) is 0 Å². The highest BCUT2D eigenvalue weighted by Crippen LogP contribution is 2.32. The third-order valence-corrected chi connectivity index (χ3v) is 3.99. The van der Waals surface area contributed by atoms with Crippen LogP contribution in [-0.4, -0.2) is 4.98 Å². The van der Waals surface area contributed by atoms with Crippen molar-refractivity contribution in [2.75, 3.05) is 5.32 Å². The van der Waals surface area contributed by atoms with Crippen molar-refractivity contribution >= 4 is 51.8 Å². The molecule has 0 bridgehead atoms. The Bertz CT molecular complexity index is 544. The monoisotopic (exact) mass is 310 g/mol. The second kappa shape index (κ2) is 5.40. The van der Waals surface area contributed by atoms with Crippen LogP contribution in [0.25, 0.3) is 0 Å². The fourth-order valence-electron chi connectivity index (χ4n) is 1.21. The Morgan fingerprint density at radius 2 is 2.00 bits per heavy atom. The van der Waals surface area contributed by atoms with Gasteiger partial charge < -0.3 is 5.32 Å². The number of nitrogens with one attached hydrogen (secondary N) is 1. The molecule has 0 amide bonds. The van der Waals surface area contributed by atoms with Gasteiger partial charge in [-0.05, 0) is 12.1 Å². The van der Waals surface area contributed by atoms with E-state index in [0.717, 1.165) is 4.88 Å². The maximum Gasteiger partial charge on any atom is 0.183 e. The highest BCUT2D eigenvalue weighted by atomic mass is 35.5. The van der Waals surface area contributed by atoms with Crippen molar-refractivity contribution in [2.24, 2.45) is 0 Å². The second-order valence-electron chi connectivity index (χ2n) is 3.16. The summed E-state index contributed by atoms with van der Waals surface area (Å²) in [6, 6.07) is 2.79.